The lowest BCUT2D eigenvalue weighted by molar-refractivity contribution is 0.0374. The molecule has 240 valence electrons. The fourth-order valence-electron chi connectivity index (χ4n) is 5.99. The number of morpholine rings is 1. The first-order valence-corrected chi connectivity index (χ1v) is 15.8. The molecule has 3 N–H and O–H groups in total. The largest absolute Gasteiger partial charge is 0.497 e. The number of nitrogens with one attached hydrogen (secondary N) is 3. The second kappa shape index (κ2) is 16.2. The number of carbonyl (C=O) groups excluding carboxylic acids is 2. The molecule has 10 nitrogen and oxygen atoms in total. The zero-order chi connectivity index (χ0) is 31.4. The Morgan fingerprint density at radius 1 is 0.844 bits per heavy atom. The summed E-state index contributed by atoms with van der Waals surface area (Å²) >= 11 is 0. The van der Waals surface area contributed by atoms with Gasteiger partial charge in [-0.2, -0.15) is 0 Å². The van der Waals surface area contributed by atoms with Crippen LogP contribution in [0.1, 0.15) is 35.2 Å². The molecule has 10 heteroatoms. The van der Waals surface area contributed by atoms with E-state index in [2.05, 4.69) is 56.1 Å². The zero-order valence-electron chi connectivity index (χ0n) is 26.3. The Morgan fingerprint density at radius 2 is 1.53 bits per heavy atom. The summed E-state index contributed by atoms with van der Waals surface area (Å²) in [6.07, 6.45) is 4.04. The van der Waals surface area contributed by atoms with Gasteiger partial charge in [0, 0.05) is 68.0 Å². The molecule has 5 rings (SSSR count). The van der Waals surface area contributed by atoms with Gasteiger partial charge in [0.05, 0.1) is 33.0 Å². The molecule has 3 aromatic rings. The minimum absolute atomic E-state index is 0.139. The number of piperidine rings is 1. The van der Waals surface area contributed by atoms with Gasteiger partial charge in [0.1, 0.15) is 11.5 Å². The fourth-order valence-corrected chi connectivity index (χ4v) is 5.99. The first-order chi connectivity index (χ1) is 22.0. The van der Waals surface area contributed by atoms with E-state index in [1.54, 1.807) is 38.5 Å². The molecule has 0 bridgehead atoms. The minimum atomic E-state index is -0.434. The zero-order valence-corrected chi connectivity index (χ0v) is 26.3. The van der Waals surface area contributed by atoms with Crippen LogP contribution >= 0.6 is 0 Å². The van der Waals surface area contributed by atoms with E-state index in [9.17, 15) is 9.59 Å². The predicted molar refractivity (Wildman–Crippen MR) is 178 cm³/mol. The summed E-state index contributed by atoms with van der Waals surface area (Å²) in [6, 6.07) is 20.9. The highest BCUT2D eigenvalue weighted by Crippen LogP contribution is 2.31. The molecular weight excluding hydrogens is 570 g/mol. The molecular formula is C35H45N5O5. The maximum atomic E-state index is 13.6. The van der Waals surface area contributed by atoms with Gasteiger partial charge in [-0.05, 0) is 61.9 Å². The van der Waals surface area contributed by atoms with Crippen molar-refractivity contribution >= 4 is 29.0 Å². The van der Waals surface area contributed by atoms with Crippen LogP contribution < -0.4 is 30.3 Å². The summed E-state index contributed by atoms with van der Waals surface area (Å²) < 4.78 is 16.1. The molecule has 0 radical (unpaired) electrons. The quantitative estimate of drug-likeness (QED) is 0.239. The third kappa shape index (κ3) is 9.36. The highest BCUT2D eigenvalue weighted by molar-refractivity contribution is 6.04. The van der Waals surface area contributed by atoms with E-state index in [4.69, 9.17) is 14.2 Å². The van der Waals surface area contributed by atoms with E-state index in [1.165, 1.54) is 5.56 Å². The number of hydrogen-bond acceptors (Lipinski definition) is 7. The molecule has 2 aliphatic heterocycles. The Kier molecular flexibility index (Phi) is 11.5. The van der Waals surface area contributed by atoms with E-state index < -0.39 is 6.03 Å². The van der Waals surface area contributed by atoms with Crippen LogP contribution in [-0.4, -0.2) is 83.5 Å². The van der Waals surface area contributed by atoms with Crippen molar-refractivity contribution in [3.05, 3.63) is 77.9 Å². The second-order valence-corrected chi connectivity index (χ2v) is 11.6. The summed E-state index contributed by atoms with van der Waals surface area (Å²) in [5.41, 5.74) is 3.88. The highest BCUT2D eigenvalue weighted by Gasteiger charge is 2.24. The topological polar surface area (TPSA) is 104 Å². The molecule has 3 aromatic carbocycles. The molecule has 45 heavy (non-hydrogen) atoms. The van der Waals surface area contributed by atoms with Crippen molar-refractivity contribution in [3.8, 4) is 11.5 Å². The molecule has 2 heterocycles. The number of anilines is 3. The molecule has 0 aromatic heterocycles. The molecule has 0 unspecified atom stereocenters. The van der Waals surface area contributed by atoms with E-state index in [0.717, 1.165) is 77.3 Å². The second-order valence-electron chi connectivity index (χ2n) is 11.6. The number of amides is 3. The van der Waals surface area contributed by atoms with Crippen LogP contribution in [0.15, 0.2) is 66.7 Å². The lowest BCUT2D eigenvalue weighted by atomic mass is 9.89. The SMILES string of the molecule is COc1cc(NC(=O)Nc2ccc(N3CCC(Cc4ccccc4)CC3)c(C(=O)NCCCN3CCOCC3)c2)cc(OC)c1. The molecule has 0 saturated carbocycles. The number of rotatable bonds is 12. The number of benzene rings is 3. The molecule has 2 saturated heterocycles. The van der Waals surface area contributed by atoms with E-state index in [1.807, 2.05) is 12.1 Å². The molecule has 2 fully saturated rings. The van der Waals surface area contributed by atoms with Crippen LogP contribution in [-0.2, 0) is 11.2 Å². The van der Waals surface area contributed by atoms with Crippen LogP contribution in [0.3, 0.4) is 0 Å². The van der Waals surface area contributed by atoms with E-state index in [-0.39, 0.29) is 5.91 Å². The number of hydrogen-bond donors (Lipinski definition) is 3. The normalized spacial score (nSPS) is 15.7. The Bertz CT molecular complexity index is 1380. The summed E-state index contributed by atoms with van der Waals surface area (Å²) in [7, 11) is 3.11. The molecule has 0 aliphatic carbocycles. The van der Waals surface area contributed by atoms with Crippen molar-refractivity contribution in [2.75, 3.05) is 82.2 Å². The lowest BCUT2D eigenvalue weighted by Crippen LogP contribution is -2.38. The first-order valence-electron chi connectivity index (χ1n) is 15.8. The number of methoxy groups -OCH3 is 2. The van der Waals surface area contributed by atoms with Gasteiger partial charge in [0.25, 0.3) is 5.91 Å². The third-order valence-corrected chi connectivity index (χ3v) is 8.47. The van der Waals surface area contributed by atoms with Gasteiger partial charge in [0.2, 0.25) is 0 Å². The highest BCUT2D eigenvalue weighted by atomic mass is 16.5. The van der Waals surface area contributed by atoms with Crippen molar-refractivity contribution in [2.45, 2.75) is 25.7 Å². The van der Waals surface area contributed by atoms with Crippen molar-refractivity contribution in [1.29, 1.82) is 0 Å². The van der Waals surface area contributed by atoms with Gasteiger partial charge < -0.3 is 35.1 Å². The molecule has 3 amide bonds. The molecule has 0 atom stereocenters. The van der Waals surface area contributed by atoms with Gasteiger partial charge >= 0.3 is 6.03 Å². The van der Waals surface area contributed by atoms with E-state index in [0.29, 0.717) is 40.9 Å². The lowest BCUT2D eigenvalue weighted by Gasteiger charge is -2.35. The van der Waals surface area contributed by atoms with Crippen molar-refractivity contribution < 1.29 is 23.8 Å². The van der Waals surface area contributed by atoms with Crippen LogP contribution in [0.4, 0.5) is 21.9 Å². The average Bonchev–Trinajstić information content (AvgIpc) is 3.07. The van der Waals surface area contributed by atoms with Crippen LogP contribution in [0.25, 0.3) is 0 Å². The van der Waals surface area contributed by atoms with Crippen molar-refractivity contribution in [2.24, 2.45) is 5.92 Å². The Labute approximate surface area is 266 Å². The van der Waals surface area contributed by atoms with Crippen LogP contribution in [0.5, 0.6) is 11.5 Å². The Morgan fingerprint density at radius 3 is 2.22 bits per heavy atom. The Balaban J connectivity index is 1.25. The minimum Gasteiger partial charge on any atom is -0.497 e. The van der Waals surface area contributed by atoms with Gasteiger partial charge in [0.15, 0.2) is 0 Å². The monoisotopic (exact) mass is 615 g/mol. The van der Waals surface area contributed by atoms with Gasteiger partial charge in [-0.25, -0.2) is 4.79 Å². The number of nitrogens with zero attached hydrogens (tertiary/aromatic N) is 2. The number of urea groups is 1. The van der Waals surface area contributed by atoms with Gasteiger partial charge in [-0.15, -0.1) is 0 Å². The van der Waals surface area contributed by atoms with Crippen LogP contribution in [0, 0.1) is 5.92 Å². The van der Waals surface area contributed by atoms with E-state index >= 15 is 0 Å². The van der Waals surface area contributed by atoms with Crippen molar-refractivity contribution in [1.82, 2.24) is 10.2 Å². The molecule has 0 spiro atoms. The van der Waals surface area contributed by atoms with Gasteiger partial charge in [-0.1, -0.05) is 30.3 Å². The molecule has 2 aliphatic rings. The number of carbonyl (C=O) groups is 2. The maximum absolute atomic E-state index is 13.6. The average molecular weight is 616 g/mol. The van der Waals surface area contributed by atoms with Crippen LogP contribution in [0.2, 0.25) is 0 Å². The van der Waals surface area contributed by atoms with Gasteiger partial charge in [-0.3, -0.25) is 9.69 Å². The summed E-state index contributed by atoms with van der Waals surface area (Å²) in [4.78, 5) is 31.2. The fraction of sp³-hybridized carbons (Fsp3) is 0.429. The number of ether oxygens (including phenoxy) is 3. The standard InChI is InChI=1S/C35H45N5O5/c1-43-30-22-29(23-31(25-30)44-2)38-35(42)37-28-9-10-33(40-15-11-27(12-16-40)21-26-7-4-3-5-8-26)32(24-28)34(41)36-13-6-14-39-17-19-45-20-18-39/h3-5,7-10,22-25,27H,6,11-21H2,1-2H3,(H,36,41)(H2,37,38,42). The summed E-state index contributed by atoms with van der Waals surface area (Å²) in [6.45, 7) is 6.62. The predicted octanol–water partition coefficient (Wildman–Crippen LogP) is 5.26. The van der Waals surface area contributed by atoms with Crippen molar-refractivity contribution in [3.63, 3.8) is 0 Å². The summed E-state index contributed by atoms with van der Waals surface area (Å²) in [5, 5.41) is 8.84. The first kappa shape index (κ1) is 32.1. The summed E-state index contributed by atoms with van der Waals surface area (Å²) in [5.74, 6) is 1.60. The smallest absolute Gasteiger partial charge is 0.323 e. The third-order valence-electron chi connectivity index (χ3n) is 8.47. The maximum Gasteiger partial charge on any atom is 0.323 e. The Hall–Kier alpha value is -4.28.